The van der Waals surface area contributed by atoms with Crippen LogP contribution >= 0.6 is 11.6 Å². The summed E-state index contributed by atoms with van der Waals surface area (Å²) < 4.78 is 28.7. The van der Waals surface area contributed by atoms with Crippen molar-refractivity contribution in [2.75, 3.05) is 18.4 Å². The van der Waals surface area contributed by atoms with Gasteiger partial charge >= 0.3 is 0 Å². The molecule has 1 amide bonds. The van der Waals surface area contributed by atoms with Crippen LogP contribution in [0, 0.1) is 5.92 Å². The second kappa shape index (κ2) is 9.02. The standard InChI is InChI=1S/C18H24ClN5O3S/c1-2-3-11-24-16(6-10-21-24)22-18(25)14-7-12-23(13-8-14)28(26,27)15-5-4-9-20-17(15)19/h4-6,9-10,14H,2-3,7-8,11-13H2,1H3,(H,22,25). The number of pyridine rings is 1. The third-order valence-electron chi connectivity index (χ3n) is 4.86. The third kappa shape index (κ3) is 4.53. The lowest BCUT2D eigenvalue weighted by atomic mass is 9.97. The Morgan fingerprint density at radius 1 is 1.29 bits per heavy atom. The van der Waals surface area contributed by atoms with Crippen LogP contribution in [-0.4, -0.2) is 46.5 Å². The number of nitrogens with one attached hydrogen (secondary N) is 1. The molecule has 1 N–H and O–H groups in total. The van der Waals surface area contributed by atoms with E-state index in [1.165, 1.54) is 16.6 Å². The quantitative estimate of drug-likeness (QED) is 0.688. The summed E-state index contributed by atoms with van der Waals surface area (Å²) in [4.78, 5) is 16.5. The van der Waals surface area contributed by atoms with E-state index in [1.807, 2.05) is 0 Å². The van der Waals surface area contributed by atoms with E-state index in [1.54, 1.807) is 23.0 Å². The maximum atomic E-state index is 12.8. The van der Waals surface area contributed by atoms with Gasteiger partial charge in [-0.15, -0.1) is 0 Å². The van der Waals surface area contributed by atoms with Gasteiger partial charge in [0.2, 0.25) is 15.9 Å². The van der Waals surface area contributed by atoms with Crippen molar-refractivity contribution in [3.63, 3.8) is 0 Å². The van der Waals surface area contributed by atoms with Crippen LogP contribution in [0.25, 0.3) is 0 Å². The monoisotopic (exact) mass is 425 g/mol. The van der Waals surface area contributed by atoms with Gasteiger partial charge in [-0.2, -0.15) is 9.40 Å². The second-order valence-corrected chi connectivity index (χ2v) is 9.02. The van der Waals surface area contributed by atoms with Gasteiger partial charge in [-0.1, -0.05) is 24.9 Å². The number of sulfonamides is 1. The highest BCUT2D eigenvalue weighted by Gasteiger charge is 2.33. The molecular formula is C18H24ClN5O3S. The fraction of sp³-hybridized carbons (Fsp3) is 0.500. The largest absolute Gasteiger partial charge is 0.311 e. The number of aryl methyl sites for hydroxylation is 1. The molecule has 0 bridgehead atoms. The molecule has 0 radical (unpaired) electrons. The first-order valence-electron chi connectivity index (χ1n) is 9.37. The highest BCUT2D eigenvalue weighted by Crippen LogP contribution is 2.27. The van der Waals surface area contributed by atoms with E-state index in [0.29, 0.717) is 18.7 Å². The molecule has 10 heteroatoms. The van der Waals surface area contributed by atoms with Crippen LogP contribution in [0.3, 0.4) is 0 Å². The molecule has 1 aliphatic rings. The fourth-order valence-electron chi connectivity index (χ4n) is 3.21. The number of unbranched alkanes of at least 4 members (excludes halogenated alkanes) is 1. The highest BCUT2D eigenvalue weighted by atomic mass is 35.5. The molecule has 3 rings (SSSR count). The molecule has 3 heterocycles. The Balaban J connectivity index is 1.60. The van der Waals surface area contributed by atoms with Gasteiger partial charge in [-0.3, -0.25) is 4.79 Å². The summed E-state index contributed by atoms with van der Waals surface area (Å²) in [5, 5.41) is 7.12. The molecule has 0 aromatic carbocycles. The number of carbonyl (C=O) groups is 1. The van der Waals surface area contributed by atoms with E-state index in [9.17, 15) is 13.2 Å². The van der Waals surface area contributed by atoms with Crippen LogP contribution in [0.2, 0.25) is 5.15 Å². The van der Waals surface area contributed by atoms with Crippen molar-refractivity contribution in [3.05, 3.63) is 35.7 Å². The average Bonchev–Trinajstić information content (AvgIpc) is 3.13. The lowest BCUT2D eigenvalue weighted by Crippen LogP contribution is -2.41. The van der Waals surface area contributed by atoms with Gasteiger partial charge in [0.25, 0.3) is 0 Å². The predicted octanol–water partition coefficient (Wildman–Crippen LogP) is 2.77. The van der Waals surface area contributed by atoms with Crippen LogP contribution in [0.4, 0.5) is 5.82 Å². The zero-order valence-electron chi connectivity index (χ0n) is 15.7. The van der Waals surface area contributed by atoms with Gasteiger partial charge in [-0.25, -0.2) is 18.1 Å². The maximum absolute atomic E-state index is 12.8. The van der Waals surface area contributed by atoms with E-state index in [-0.39, 0.29) is 35.0 Å². The molecule has 0 atom stereocenters. The Morgan fingerprint density at radius 3 is 2.71 bits per heavy atom. The Hall–Kier alpha value is -1.97. The minimum absolute atomic E-state index is 0.000561. The SMILES string of the molecule is CCCCn1nccc1NC(=O)C1CCN(S(=O)(=O)c2cccnc2Cl)CC1. The Bertz CT molecular complexity index is 923. The molecule has 1 saturated heterocycles. The maximum Gasteiger partial charge on any atom is 0.246 e. The van der Waals surface area contributed by atoms with Gasteiger partial charge in [0.15, 0.2) is 0 Å². The zero-order chi connectivity index (χ0) is 20.1. The molecule has 1 aliphatic heterocycles. The first kappa shape index (κ1) is 20.8. The van der Waals surface area contributed by atoms with Crippen LogP contribution in [-0.2, 0) is 21.4 Å². The first-order valence-corrected chi connectivity index (χ1v) is 11.2. The van der Waals surface area contributed by atoms with Crippen LogP contribution in [0.15, 0.2) is 35.5 Å². The molecule has 0 spiro atoms. The predicted molar refractivity (Wildman–Crippen MR) is 106 cm³/mol. The zero-order valence-corrected chi connectivity index (χ0v) is 17.3. The van der Waals surface area contributed by atoms with Crippen LogP contribution in [0.5, 0.6) is 0 Å². The second-order valence-electron chi connectivity index (χ2n) is 6.75. The van der Waals surface area contributed by atoms with Crippen molar-refractivity contribution in [2.45, 2.75) is 44.0 Å². The van der Waals surface area contributed by atoms with Gasteiger partial charge in [0.05, 0.1) is 6.20 Å². The summed E-state index contributed by atoms with van der Waals surface area (Å²) in [6.45, 7) is 3.38. The Morgan fingerprint density at radius 2 is 2.04 bits per heavy atom. The van der Waals surface area contributed by atoms with Gasteiger partial charge in [0, 0.05) is 37.8 Å². The number of halogens is 1. The summed E-state index contributed by atoms with van der Waals surface area (Å²) in [7, 11) is -3.72. The summed E-state index contributed by atoms with van der Waals surface area (Å²) >= 11 is 5.95. The van der Waals surface area contributed by atoms with Gasteiger partial charge in [0.1, 0.15) is 15.9 Å². The van der Waals surface area contributed by atoms with Gasteiger partial charge in [-0.05, 0) is 31.4 Å². The summed E-state index contributed by atoms with van der Waals surface area (Å²) in [5.41, 5.74) is 0. The average molecular weight is 426 g/mol. The van der Waals surface area contributed by atoms with Crippen molar-refractivity contribution in [1.82, 2.24) is 19.1 Å². The number of hydrogen-bond acceptors (Lipinski definition) is 5. The highest BCUT2D eigenvalue weighted by molar-refractivity contribution is 7.89. The molecule has 2 aromatic heterocycles. The smallest absolute Gasteiger partial charge is 0.246 e. The molecule has 152 valence electrons. The van der Waals surface area contributed by atoms with E-state index in [4.69, 9.17) is 11.6 Å². The molecule has 8 nitrogen and oxygen atoms in total. The summed E-state index contributed by atoms with van der Waals surface area (Å²) in [6, 6.07) is 4.76. The van der Waals surface area contributed by atoms with Crippen molar-refractivity contribution >= 4 is 33.3 Å². The normalized spacial score (nSPS) is 16.2. The summed E-state index contributed by atoms with van der Waals surface area (Å²) in [5.74, 6) is 0.329. The number of hydrogen-bond donors (Lipinski definition) is 1. The third-order valence-corrected chi connectivity index (χ3v) is 7.20. The first-order chi connectivity index (χ1) is 13.4. The van der Waals surface area contributed by atoms with E-state index in [2.05, 4.69) is 22.3 Å². The molecular weight excluding hydrogens is 402 g/mol. The lowest BCUT2D eigenvalue weighted by Gasteiger charge is -2.30. The van der Waals surface area contributed by atoms with E-state index < -0.39 is 10.0 Å². The number of piperidine rings is 1. The molecule has 2 aromatic rings. The van der Waals surface area contributed by atoms with Crippen molar-refractivity contribution in [2.24, 2.45) is 5.92 Å². The van der Waals surface area contributed by atoms with E-state index in [0.717, 1.165) is 19.4 Å². The lowest BCUT2D eigenvalue weighted by molar-refractivity contribution is -0.121. The number of aromatic nitrogens is 3. The Kier molecular flexibility index (Phi) is 6.69. The number of rotatable bonds is 7. The number of anilines is 1. The summed E-state index contributed by atoms with van der Waals surface area (Å²) in [6.07, 6.45) is 6.04. The van der Waals surface area contributed by atoms with Gasteiger partial charge < -0.3 is 5.32 Å². The van der Waals surface area contributed by atoms with Crippen molar-refractivity contribution in [3.8, 4) is 0 Å². The van der Waals surface area contributed by atoms with Crippen LogP contribution < -0.4 is 5.32 Å². The number of nitrogens with zero attached hydrogens (tertiary/aromatic N) is 4. The molecule has 0 saturated carbocycles. The Labute approximate surface area is 169 Å². The molecule has 0 aliphatic carbocycles. The van der Waals surface area contributed by atoms with Crippen molar-refractivity contribution < 1.29 is 13.2 Å². The van der Waals surface area contributed by atoms with Crippen molar-refractivity contribution in [1.29, 1.82) is 0 Å². The topological polar surface area (TPSA) is 97.2 Å². The number of amides is 1. The van der Waals surface area contributed by atoms with E-state index >= 15 is 0 Å². The fourth-order valence-corrected chi connectivity index (χ4v) is 5.11. The number of carbonyl (C=O) groups excluding carboxylic acids is 1. The molecule has 28 heavy (non-hydrogen) atoms. The molecule has 0 unspecified atom stereocenters. The molecule has 1 fully saturated rings. The minimum Gasteiger partial charge on any atom is -0.311 e. The minimum atomic E-state index is -3.72. The van der Waals surface area contributed by atoms with Crippen LogP contribution in [0.1, 0.15) is 32.6 Å².